The number of alkyl halides is 2. The van der Waals surface area contributed by atoms with Crippen molar-refractivity contribution in [3.63, 3.8) is 0 Å². The summed E-state index contributed by atoms with van der Waals surface area (Å²) in [6.07, 6.45) is -0.303. The molecular formula is C10H10F2N4O2. The van der Waals surface area contributed by atoms with E-state index in [1.807, 2.05) is 0 Å². The Balaban J connectivity index is 2.68. The summed E-state index contributed by atoms with van der Waals surface area (Å²) in [5, 5.41) is 16.4. The van der Waals surface area contributed by atoms with E-state index in [2.05, 4.69) is 10.2 Å². The first-order chi connectivity index (χ1) is 8.41. The monoisotopic (exact) mass is 256 g/mol. The molecule has 2 heterocycles. The van der Waals surface area contributed by atoms with Crippen molar-refractivity contribution in [2.75, 3.05) is 0 Å². The topological polar surface area (TPSA) is 72.9 Å². The molecule has 0 bridgehead atoms. The van der Waals surface area contributed by atoms with Gasteiger partial charge in [0.15, 0.2) is 0 Å². The summed E-state index contributed by atoms with van der Waals surface area (Å²) in [5.41, 5.74) is -0.396. The van der Waals surface area contributed by atoms with Crippen molar-refractivity contribution in [2.24, 2.45) is 14.1 Å². The minimum Gasteiger partial charge on any atom is -0.478 e. The maximum Gasteiger partial charge on any atom is 0.339 e. The zero-order valence-corrected chi connectivity index (χ0v) is 9.63. The molecule has 0 amide bonds. The van der Waals surface area contributed by atoms with Crippen molar-refractivity contribution >= 4 is 5.97 Å². The van der Waals surface area contributed by atoms with Crippen LogP contribution in [0, 0.1) is 0 Å². The number of halogens is 2. The summed E-state index contributed by atoms with van der Waals surface area (Å²) in [6.45, 7) is 0. The minimum absolute atomic E-state index is 0.0740. The molecule has 0 atom stereocenters. The number of carboxylic acids is 1. The Labute approximate surface area is 100 Å². The van der Waals surface area contributed by atoms with Crippen LogP contribution in [0.15, 0.2) is 12.4 Å². The van der Waals surface area contributed by atoms with Crippen LogP contribution in [0.1, 0.15) is 22.5 Å². The molecule has 0 spiro atoms. The lowest BCUT2D eigenvalue weighted by Gasteiger charge is -2.03. The minimum atomic E-state index is -2.78. The Kier molecular flexibility index (Phi) is 2.85. The lowest BCUT2D eigenvalue weighted by molar-refractivity contribution is 0.0697. The summed E-state index contributed by atoms with van der Waals surface area (Å²) >= 11 is 0. The van der Waals surface area contributed by atoms with Crippen molar-refractivity contribution in [2.45, 2.75) is 6.43 Å². The number of hydrogen-bond donors (Lipinski definition) is 1. The van der Waals surface area contributed by atoms with Gasteiger partial charge in [-0.15, -0.1) is 0 Å². The van der Waals surface area contributed by atoms with Gasteiger partial charge in [0.05, 0.1) is 11.9 Å². The van der Waals surface area contributed by atoms with Gasteiger partial charge in [0.1, 0.15) is 11.3 Å². The third-order valence-corrected chi connectivity index (χ3v) is 2.49. The number of aromatic nitrogens is 4. The number of rotatable bonds is 3. The molecule has 2 rings (SSSR count). The van der Waals surface area contributed by atoms with E-state index in [4.69, 9.17) is 5.11 Å². The maximum absolute atomic E-state index is 12.8. The molecule has 0 aliphatic rings. The van der Waals surface area contributed by atoms with Gasteiger partial charge in [0.25, 0.3) is 6.43 Å². The summed E-state index contributed by atoms with van der Waals surface area (Å²) in [5.74, 6) is -1.22. The highest BCUT2D eigenvalue weighted by Crippen LogP contribution is 2.31. The summed E-state index contributed by atoms with van der Waals surface area (Å²) in [7, 11) is 2.98. The predicted molar refractivity (Wildman–Crippen MR) is 57.3 cm³/mol. The van der Waals surface area contributed by atoms with Gasteiger partial charge in [-0.05, 0) is 0 Å². The van der Waals surface area contributed by atoms with Crippen molar-refractivity contribution in [3.05, 3.63) is 23.7 Å². The molecule has 0 aliphatic heterocycles. The summed E-state index contributed by atoms with van der Waals surface area (Å²) in [6, 6.07) is 0. The average Bonchev–Trinajstić information content (AvgIpc) is 2.81. The van der Waals surface area contributed by atoms with Gasteiger partial charge in [-0.25, -0.2) is 13.6 Å². The smallest absolute Gasteiger partial charge is 0.339 e. The Morgan fingerprint density at radius 2 is 2.11 bits per heavy atom. The van der Waals surface area contributed by atoms with Crippen LogP contribution in [-0.4, -0.2) is 30.6 Å². The van der Waals surface area contributed by atoms with E-state index >= 15 is 0 Å². The number of carbonyl (C=O) groups is 1. The maximum atomic E-state index is 12.8. The Morgan fingerprint density at radius 3 is 2.67 bits per heavy atom. The summed E-state index contributed by atoms with van der Waals surface area (Å²) in [4.78, 5) is 11.0. The first kappa shape index (κ1) is 12.2. The van der Waals surface area contributed by atoms with Crippen molar-refractivity contribution in [1.29, 1.82) is 0 Å². The molecule has 18 heavy (non-hydrogen) atoms. The SMILES string of the molecule is Cn1cc(-c2c(C(=O)O)cnn2C)c(C(F)F)n1. The molecule has 0 unspecified atom stereocenters. The van der Waals surface area contributed by atoms with Gasteiger partial charge in [-0.1, -0.05) is 0 Å². The fraction of sp³-hybridized carbons (Fsp3) is 0.300. The molecule has 2 aromatic heterocycles. The van der Waals surface area contributed by atoms with Gasteiger partial charge in [0, 0.05) is 25.9 Å². The van der Waals surface area contributed by atoms with Crippen molar-refractivity contribution in [3.8, 4) is 11.3 Å². The predicted octanol–water partition coefficient (Wildman–Crippen LogP) is 1.46. The molecule has 0 saturated heterocycles. The molecule has 0 aromatic carbocycles. The van der Waals surface area contributed by atoms with Crippen LogP contribution >= 0.6 is 0 Å². The number of aromatic carboxylic acids is 1. The van der Waals surface area contributed by atoms with E-state index in [9.17, 15) is 13.6 Å². The summed E-state index contributed by atoms with van der Waals surface area (Å²) < 4.78 is 28.1. The van der Waals surface area contributed by atoms with Crippen LogP contribution < -0.4 is 0 Å². The first-order valence-corrected chi connectivity index (χ1v) is 4.99. The van der Waals surface area contributed by atoms with Crippen molar-refractivity contribution < 1.29 is 18.7 Å². The Morgan fingerprint density at radius 1 is 1.44 bits per heavy atom. The molecule has 8 heteroatoms. The van der Waals surface area contributed by atoms with Crippen molar-refractivity contribution in [1.82, 2.24) is 19.6 Å². The van der Waals surface area contributed by atoms with Crippen LogP contribution in [0.25, 0.3) is 11.3 Å². The van der Waals surface area contributed by atoms with E-state index in [0.29, 0.717) is 0 Å². The number of hydrogen-bond acceptors (Lipinski definition) is 3. The van der Waals surface area contributed by atoms with E-state index < -0.39 is 18.1 Å². The molecule has 2 aromatic rings. The largest absolute Gasteiger partial charge is 0.478 e. The zero-order valence-electron chi connectivity index (χ0n) is 9.63. The molecule has 0 aliphatic carbocycles. The molecule has 0 radical (unpaired) electrons. The Hall–Kier alpha value is -2.25. The number of nitrogens with zero attached hydrogens (tertiary/aromatic N) is 4. The third-order valence-electron chi connectivity index (χ3n) is 2.49. The fourth-order valence-corrected chi connectivity index (χ4v) is 1.76. The second-order valence-corrected chi connectivity index (χ2v) is 3.74. The first-order valence-electron chi connectivity index (χ1n) is 4.99. The van der Waals surface area contributed by atoms with Crippen LogP contribution in [0.5, 0.6) is 0 Å². The molecular weight excluding hydrogens is 246 g/mol. The van der Waals surface area contributed by atoms with Crippen LogP contribution in [0.3, 0.4) is 0 Å². The van der Waals surface area contributed by atoms with Gasteiger partial charge < -0.3 is 5.11 Å². The lowest BCUT2D eigenvalue weighted by atomic mass is 10.1. The van der Waals surface area contributed by atoms with Gasteiger partial charge in [-0.2, -0.15) is 10.2 Å². The fourth-order valence-electron chi connectivity index (χ4n) is 1.76. The van der Waals surface area contributed by atoms with Crippen LogP contribution in [0.4, 0.5) is 8.78 Å². The van der Waals surface area contributed by atoms with Gasteiger partial charge in [-0.3, -0.25) is 9.36 Å². The highest BCUT2D eigenvalue weighted by Gasteiger charge is 2.25. The van der Waals surface area contributed by atoms with Gasteiger partial charge in [0.2, 0.25) is 0 Å². The van der Waals surface area contributed by atoms with E-state index in [0.717, 1.165) is 6.20 Å². The average molecular weight is 256 g/mol. The second kappa shape index (κ2) is 4.21. The highest BCUT2D eigenvalue weighted by atomic mass is 19.3. The lowest BCUT2D eigenvalue weighted by Crippen LogP contribution is -2.02. The second-order valence-electron chi connectivity index (χ2n) is 3.74. The van der Waals surface area contributed by atoms with E-state index in [1.54, 1.807) is 0 Å². The molecule has 6 nitrogen and oxygen atoms in total. The Bertz CT molecular complexity index is 603. The van der Waals surface area contributed by atoms with Crippen LogP contribution in [-0.2, 0) is 14.1 Å². The number of carboxylic acid groups (broad SMARTS) is 1. The number of aryl methyl sites for hydroxylation is 2. The molecule has 96 valence electrons. The molecule has 1 N–H and O–H groups in total. The van der Waals surface area contributed by atoms with Gasteiger partial charge >= 0.3 is 5.97 Å². The standard InChI is InChI=1S/C10H10F2N4O2/c1-15-4-6(7(14-15)9(11)12)8-5(10(17)18)3-13-16(8)2/h3-4,9H,1-2H3,(H,17,18). The molecule has 0 fully saturated rings. The molecule has 0 saturated carbocycles. The quantitative estimate of drug-likeness (QED) is 0.902. The highest BCUT2D eigenvalue weighted by molar-refractivity contribution is 5.95. The van der Waals surface area contributed by atoms with E-state index in [-0.39, 0.29) is 16.8 Å². The normalized spacial score (nSPS) is 11.2. The third kappa shape index (κ3) is 1.85. The zero-order chi connectivity index (χ0) is 13.4. The van der Waals surface area contributed by atoms with E-state index in [1.165, 1.54) is 29.7 Å². The van der Waals surface area contributed by atoms with Crippen LogP contribution in [0.2, 0.25) is 0 Å².